The fourth-order valence-corrected chi connectivity index (χ4v) is 2.73. The molecule has 0 atom stereocenters. The fraction of sp³-hybridized carbons (Fsp3) is 0.136. The average Bonchev–Trinajstić information content (AvgIpc) is 2.71. The van der Waals surface area contributed by atoms with Crippen LogP contribution in [-0.2, 0) is 6.42 Å². The Morgan fingerprint density at radius 2 is 1.57 bits per heavy atom. The summed E-state index contributed by atoms with van der Waals surface area (Å²) in [5, 5.41) is 6.32. The summed E-state index contributed by atoms with van der Waals surface area (Å²) >= 11 is 5.87. The number of carbonyl (C=O) groups is 2. The van der Waals surface area contributed by atoms with Crippen LogP contribution in [0.5, 0.6) is 0 Å². The van der Waals surface area contributed by atoms with Crippen LogP contribution in [0.2, 0.25) is 5.02 Å². The number of aryl methyl sites for hydroxylation is 1. The second kappa shape index (κ2) is 9.15. The predicted octanol–water partition coefficient (Wildman–Crippen LogP) is 4.27. The van der Waals surface area contributed by atoms with E-state index in [4.69, 9.17) is 11.6 Å². The summed E-state index contributed by atoms with van der Waals surface area (Å²) in [6, 6.07) is 16.5. The fourth-order valence-electron chi connectivity index (χ4n) is 2.60. The van der Waals surface area contributed by atoms with Crippen LogP contribution >= 0.6 is 11.6 Å². The lowest BCUT2D eigenvalue weighted by atomic mass is 10.1. The molecular weight excluding hydrogens is 374 g/mol. The van der Waals surface area contributed by atoms with Crippen LogP contribution in [0.4, 0.5) is 5.69 Å². The van der Waals surface area contributed by atoms with Gasteiger partial charge in [-0.3, -0.25) is 14.6 Å². The zero-order valence-electron chi connectivity index (χ0n) is 15.4. The smallest absolute Gasteiger partial charge is 0.257 e. The highest BCUT2D eigenvalue weighted by molar-refractivity contribution is 6.30. The highest BCUT2D eigenvalue weighted by Crippen LogP contribution is 2.12. The Labute approximate surface area is 168 Å². The molecule has 1 aromatic heterocycles. The number of aromatic nitrogens is 1. The van der Waals surface area contributed by atoms with Gasteiger partial charge in [0, 0.05) is 29.6 Å². The van der Waals surface area contributed by atoms with Crippen molar-refractivity contribution in [1.82, 2.24) is 10.3 Å². The molecule has 2 N–H and O–H groups in total. The molecule has 3 rings (SSSR count). The van der Waals surface area contributed by atoms with Gasteiger partial charge in [0.1, 0.15) is 0 Å². The quantitative estimate of drug-likeness (QED) is 0.657. The van der Waals surface area contributed by atoms with Crippen LogP contribution in [0.15, 0.2) is 67.0 Å². The largest absolute Gasteiger partial charge is 0.352 e. The van der Waals surface area contributed by atoms with Gasteiger partial charge in [-0.15, -0.1) is 0 Å². The molecule has 142 valence electrons. The minimum atomic E-state index is -0.313. The Hall–Kier alpha value is -3.18. The van der Waals surface area contributed by atoms with E-state index in [1.807, 2.05) is 55.5 Å². The number of amides is 2. The molecule has 1 heterocycles. The number of nitrogens with zero attached hydrogens (tertiary/aromatic N) is 1. The lowest BCUT2D eigenvalue weighted by molar-refractivity contribution is 0.0953. The second-order valence-electron chi connectivity index (χ2n) is 6.41. The minimum Gasteiger partial charge on any atom is -0.352 e. The number of carbonyl (C=O) groups excluding carboxylic acids is 2. The molecule has 0 saturated heterocycles. The molecule has 2 aromatic carbocycles. The highest BCUT2D eigenvalue weighted by atomic mass is 35.5. The van der Waals surface area contributed by atoms with Gasteiger partial charge in [-0.25, -0.2) is 0 Å². The molecule has 0 aliphatic rings. The first kappa shape index (κ1) is 19.6. The summed E-state index contributed by atoms with van der Waals surface area (Å²) in [5.74, 6) is -0.585. The third kappa shape index (κ3) is 5.41. The van der Waals surface area contributed by atoms with Crippen molar-refractivity contribution in [3.8, 4) is 0 Å². The van der Waals surface area contributed by atoms with Crippen molar-refractivity contribution < 1.29 is 9.59 Å². The van der Waals surface area contributed by atoms with Crippen molar-refractivity contribution in [2.24, 2.45) is 0 Å². The van der Waals surface area contributed by atoms with Crippen molar-refractivity contribution in [3.05, 3.63) is 94.3 Å². The molecule has 0 aliphatic carbocycles. The van der Waals surface area contributed by atoms with Gasteiger partial charge in [-0.2, -0.15) is 0 Å². The number of halogens is 1. The molecule has 6 heteroatoms. The number of anilines is 1. The highest BCUT2D eigenvalue weighted by Gasteiger charge is 2.11. The monoisotopic (exact) mass is 393 g/mol. The second-order valence-corrected chi connectivity index (χ2v) is 6.85. The number of nitrogens with one attached hydrogen (secondary N) is 2. The maximum Gasteiger partial charge on any atom is 0.257 e. The van der Waals surface area contributed by atoms with Gasteiger partial charge in [0.25, 0.3) is 11.8 Å². The van der Waals surface area contributed by atoms with E-state index < -0.39 is 0 Å². The molecule has 0 radical (unpaired) electrons. The van der Waals surface area contributed by atoms with Gasteiger partial charge < -0.3 is 10.6 Å². The Morgan fingerprint density at radius 3 is 2.25 bits per heavy atom. The third-order valence-electron chi connectivity index (χ3n) is 4.18. The molecule has 0 bridgehead atoms. The summed E-state index contributed by atoms with van der Waals surface area (Å²) < 4.78 is 0. The lowest BCUT2D eigenvalue weighted by Crippen LogP contribution is -2.26. The SMILES string of the molecule is Cc1ccc(NC(=O)c2cncc(C(=O)NCCc3ccc(Cl)cc3)c2)cc1. The first-order chi connectivity index (χ1) is 13.5. The standard InChI is InChI=1S/C22H20ClN3O2/c1-15-2-8-20(9-3-15)26-22(28)18-12-17(13-24-14-18)21(27)25-11-10-16-4-6-19(23)7-5-16/h2-9,12-14H,10-11H2,1H3,(H,25,27)(H,26,28). The van der Waals surface area contributed by atoms with Crippen molar-refractivity contribution >= 4 is 29.1 Å². The van der Waals surface area contributed by atoms with Crippen LogP contribution in [0.1, 0.15) is 31.8 Å². The van der Waals surface area contributed by atoms with E-state index in [1.165, 1.54) is 18.5 Å². The Balaban J connectivity index is 1.58. The minimum absolute atomic E-state index is 0.272. The Bertz CT molecular complexity index is 970. The molecule has 0 aliphatic heterocycles. The summed E-state index contributed by atoms with van der Waals surface area (Å²) in [5.41, 5.74) is 3.54. The zero-order valence-corrected chi connectivity index (χ0v) is 16.2. The molecule has 5 nitrogen and oxygen atoms in total. The zero-order chi connectivity index (χ0) is 19.9. The maximum absolute atomic E-state index is 12.4. The first-order valence-corrected chi connectivity index (χ1v) is 9.25. The number of hydrogen-bond acceptors (Lipinski definition) is 3. The van der Waals surface area contributed by atoms with E-state index >= 15 is 0 Å². The molecule has 3 aromatic rings. The van der Waals surface area contributed by atoms with E-state index in [0.29, 0.717) is 34.8 Å². The molecule has 0 spiro atoms. The third-order valence-corrected chi connectivity index (χ3v) is 4.44. The van der Waals surface area contributed by atoms with E-state index in [9.17, 15) is 9.59 Å². The van der Waals surface area contributed by atoms with Gasteiger partial charge in [-0.1, -0.05) is 41.4 Å². The maximum atomic E-state index is 12.4. The van der Waals surface area contributed by atoms with Gasteiger partial charge in [-0.05, 0) is 49.2 Å². The van der Waals surface area contributed by atoms with Crippen LogP contribution in [-0.4, -0.2) is 23.3 Å². The van der Waals surface area contributed by atoms with Crippen molar-refractivity contribution in [2.75, 3.05) is 11.9 Å². The molecule has 28 heavy (non-hydrogen) atoms. The van der Waals surface area contributed by atoms with Crippen LogP contribution in [0, 0.1) is 6.92 Å². The summed E-state index contributed by atoms with van der Waals surface area (Å²) in [7, 11) is 0. The molecular formula is C22H20ClN3O2. The topological polar surface area (TPSA) is 71.1 Å². The molecule has 0 saturated carbocycles. The molecule has 2 amide bonds. The Kier molecular flexibility index (Phi) is 6.40. The summed E-state index contributed by atoms with van der Waals surface area (Å²) in [6.07, 6.45) is 3.57. The average molecular weight is 394 g/mol. The summed E-state index contributed by atoms with van der Waals surface area (Å²) in [4.78, 5) is 28.8. The lowest BCUT2D eigenvalue weighted by Gasteiger charge is -2.08. The molecule has 0 unspecified atom stereocenters. The van der Waals surface area contributed by atoms with Gasteiger partial charge >= 0.3 is 0 Å². The van der Waals surface area contributed by atoms with Crippen molar-refractivity contribution in [1.29, 1.82) is 0 Å². The number of rotatable bonds is 6. The normalized spacial score (nSPS) is 10.4. The van der Waals surface area contributed by atoms with Crippen LogP contribution in [0.3, 0.4) is 0 Å². The van der Waals surface area contributed by atoms with E-state index in [-0.39, 0.29) is 11.8 Å². The van der Waals surface area contributed by atoms with E-state index in [0.717, 1.165) is 11.1 Å². The summed E-state index contributed by atoms with van der Waals surface area (Å²) in [6.45, 7) is 2.45. The van der Waals surface area contributed by atoms with Gasteiger partial charge in [0.2, 0.25) is 0 Å². The predicted molar refractivity (Wildman–Crippen MR) is 111 cm³/mol. The molecule has 0 fully saturated rings. The van der Waals surface area contributed by atoms with Crippen molar-refractivity contribution in [2.45, 2.75) is 13.3 Å². The number of pyridine rings is 1. The first-order valence-electron chi connectivity index (χ1n) is 8.87. The number of benzene rings is 2. The van der Waals surface area contributed by atoms with E-state index in [1.54, 1.807) is 0 Å². The van der Waals surface area contributed by atoms with Crippen molar-refractivity contribution in [3.63, 3.8) is 0 Å². The number of hydrogen-bond donors (Lipinski definition) is 2. The van der Waals surface area contributed by atoms with Gasteiger partial charge in [0.05, 0.1) is 11.1 Å². The van der Waals surface area contributed by atoms with Crippen LogP contribution in [0.25, 0.3) is 0 Å². The van der Waals surface area contributed by atoms with E-state index in [2.05, 4.69) is 15.6 Å². The van der Waals surface area contributed by atoms with Gasteiger partial charge in [0.15, 0.2) is 0 Å². The van der Waals surface area contributed by atoms with Crippen LogP contribution < -0.4 is 10.6 Å². The Morgan fingerprint density at radius 1 is 0.929 bits per heavy atom.